The van der Waals surface area contributed by atoms with Gasteiger partial charge in [0.2, 0.25) is 0 Å². The van der Waals surface area contributed by atoms with Crippen molar-refractivity contribution in [1.82, 2.24) is 21.0 Å². The Bertz CT molecular complexity index is 1030. The zero-order valence-electron chi connectivity index (χ0n) is 16.6. The van der Waals surface area contributed by atoms with Crippen LogP contribution < -0.4 is 15.6 Å². The van der Waals surface area contributed by atoms with Gasteiger partial charge in [0.25, 0.3) is 17.7 Å². The van der Waals surface area contributed by atoms with Crippen LogP contribution in [0.4, 0.5) is 0 Å². The van der Waals surface area contributed by atoms with Gasteiger partial charge in [0.05, 0.1) is 0 Å². The smallest absolute Gasteiger partial charge is 0.279 e. The summed E-state index contributed by atoms with van der Waals surface area (Å²) in [7, 11) is 0. The van der Waals surface area contributed by atoms with E-state index in [2.05, 4.69) is 21.0 Å². The van der Waals surface area contributed by atoms with E-state index in [1.807, 2.05) is 26.0 Å². The van der Waals surface area contributed by atoms with E-state index in [0.29, 0.717) is 28.6 Å². The standard InChI is InChI=1S/C21H22N4O4/c1-12-6-5-7-18(13(12)2)28-14(3)19(26)23-24-20(27)16-8-10-17(11-9-16)21-22-15(4)25-29-21/h5-11,14H,1-4H3,(H,23,26)(H,24,27). The van der Waals surface area contributed by atoms with Crippen molar-refractivity contribution < 1.29 is 18.8 Å². The maximum atomic E-state index is 12.3. The van der Waals surface area contributed by atoms with Crippen LogP contribution in [0.25, 0.3) is 11.5 Å². The number of aromatic nitrogens is 2. The predicted molar refractivity (Wildman–Crippen MR) is 106 cm³/mol. The zero-order valence-corrected chi connectivity index (χ0v) is 16.6. The monoisotopic (exact) mass is 394 g/mol. The second-order valence-electron chi connectivity index (χ2n) is 6.63. The Hall–Kier alpha value is -3.68. The first-order valence-corrected chi connectivity index (χ1v) is 9.09. The molecule has 0 aliphatic rings. The predicted octanol–water partition coefficient (Wildman–Crippen LogP) is 2.89. The van der Waals surface area contributed by atoms with Crippen LogP contribution in [-0.4, -0.2) is 28.1 Å². The van der Waals surface area contributed by atoms with Gasteiger partial charge in [-0.05, 0) is 69.2 Å². The Kier molecular flexibility index (Phi) is 5.92. The van der Waals surface area contributed by atoms with Gasteiger partial charge in [-0.2, -0.15) is 4.98 Å². The van der Waals surface area contributed by atoms with E-state index in [0.717, 1.165) is 11.1 Å². The van der Waals surface area contributed by atoms with Crippen LogP contribution in [0, 0.1) is 20.8 Å². The first-order valence-electron chi connectivity index (χ1n) is 9.09. The fourth-order valence-electron chi connectivity index (χ4n) is 2.57. The molecular weight excluding hydrogens is 372 g/mol. The number of hydrogen-bond acceptors (Lipinski definition) is 6. The number of ether oxygens (including phenoxy) is 1. The van der Waals surface area contributed by atoms with Crippen LogP contribution in [-0.2, 0) is 4.79 Å². The molecule has 8 heteroatoms. The Morgan fingerprint density at radius 3 is 2.41 bits per heavy atom. The molecule has 1 heterocycles. The highest BCUT2D eigenvalue weighted by Crippen LogP contribution is 2.21. The molecule has 3 rings (SSSR count). The Labute approximate surface area is 168 Å². The summed E-state index contributed by atoms with van der Waals surface area (Å²) in [6.07, 6.45) is -0.779. The highest BCUT2D eigenvalue weighted by Gasteiger charge is 2.17. The number of nitrogens with zero attached hydrogens (tertiary/aromatic N) is 2. The van der Waals surface area contributed by atoms with Gasteiger partial charge in [-0.15, -0.1) is 0 Å². The molecule has 1 unspecified atom stereocenters. The molecule has 1 atom stereocenters. The number of nitrogens with one attached hydrogen (secondary N) is 2. The van der Waals surface area contributed by atoms with E-state index in [-0.39, 0.29) is 0 Å². The molecule has 2 aromatic carbocycles. The Balaban J connectivity index is 1.55. The average Bonchev–Trinajstić information content (AvgIpc) is 3.15. The van der Waals surface area contributed by atoms with Crippen molar-refractivity contribution in [2.45, 2.75) is 33.8 Å². The van der Waals surface area contributed by atoms with Crippen molar-refractivity contribution in [3.8, 4) is 17.2 Å². The Morgan fingerprint density at radius 2 is 1.76 bits per heavy atom. The summed E-state index contributed by atoms with van der Waals surface area (Å²) in [5, 5.41) is 3.73. The van der Waals surface area contributed by atoms with E-state index >= 15 is 0 Å². The summed E-state index contributed by atoms with van der Waals surface area (Å²) >= 11 is 0. The third kappa shape index (κ3) is 4.78. The summed E-state index contributed by atoms with van der Waals surface area (Å²) in [4.78, 5) is 28.6. The van der Waals surface area contributed by atoms with Crippen molar-refractivity contribution in [3.63, 3.8) is 0 Å². The molecule has 150 valence electrons. The van der Waals surface area contributed by atoms with E-state index in [1.54, 1.807) is 44.2 Å². The lowest BCUT2D eigenvalue weighted by molar-refractivity contribution is -0.128. The number of benzene rings is 2. The molecule has 2 amide bonds. The third-order valence-corrected chi connectivity index (χ3v) is 4.45. The van der Waals surface area contributed by atoms with Crippen LogP contribution in [0.1, 0.15) is 34.2 Å². The number of hydrazine groups is 1. The Morgan fingerprint density at radius 1 is 1.03 bits per heavy atom. The van der Waals surface area contributed by atoms with Gasteiger partial charge in [-0.25, -0.2) is 0 Å². The third-order valence-electron chi connectivity index (χ3n) is 4.45. The number of carbonyl (C=O) groups is 2. The van der Waals surface area contributed by atoms with Gasteiger partial charge in [-0.3, -0.25) is 20.4 Å². The lowest BCUT2D eigenvalue weighted by atomic mass is 10.1. The van der Waals surface area contributed by atoms with Gasteiger partial charge < -0.3 is 9.26 Å². The molecule has 0 aliphatic carbocycles. The van der Waals surface area contributed by atoms with Crippen LogP contribution >= 0.6 is 0 Å². The van der Waals surface area contributed by atoms with Crippen molar-refractivity contribution in [2.24, 2.45) is 0 Å². The number of hydrogen-bond donors (Lipinski definition) is 2. The van der Waals surface area contributed by atoms with E-state index in [9.17, 15) is 9.59 Å². The van der Waals surface area contributed by atoms with Crippen molar-refractivity contribution >= 4 is 11.8 Å². The van der Waals surface area contributed by atoms with E-state index in [1.165, 1.54) is 0 Å². The van der Waals surface area contributed by atoms with Gasteiger partial charge in [0.1, 0.15) is 5.75 Å². The van der Waals surface area contributed by atoms with Gasteiger partial charge >= 0.3 is 0 Å². The van der Waals surface area contributed by atoms with Crippen LogP contribution in [0.15, 0.2) is 47.0 Å². The molecule has 0 fully saturated rings. The number of rotatable bonds is 5. The summed E-state index contributed by atoms with van der Waals surface area (Å²) < 4.78 is 10.8. The molecule has 0 radical (unpaired) electrons. The van der Waals surface area contributed by atoms with Crippen molar-refractivity contribution in [3.05, 3.63) is 65.0 Å². The second kappa shape index (κ2) is 8.55. The van der Waals surface area contributed by atoms with Crippen molar-refractivity contribution in [1.29, 1.82) is 0 Å². The minimum atomic E-state index is -0.779. The number of carbonyl (C=O) groups excluding carboxylic acids is 2. The molecule has 0 bridgehead atoms. The molecular formula is C21H22N4O4. The quantitative estimate of drug-likeness (QED) is 0.645. The minimum absolute atomic E-state index is 0.369. The summed E-state index contributed by atoms with van der Waals surface area (Å²) in [5.74, 6) is 0.621. The highest BCUT2D eigenvalue weighted by molar-refractivity contribution is 5.96. The van der Waals surface area contributed by atoms with Crippen LogP contribution in [0.5, 0.6) is 5.75 Å². The van der Waals surface area contributed by atoms with Crippen molar-refractivity contribution in [2.75, 3.05) is 0 Å². The maximum Gasteiger partial charge on any atom is 0.279 e. The van der Waals surface area contributed by atoms with E-state index < -0.39 is 17.9 Å². The van der Waals surface area contributed by atoms with Gasteiger partial charge in [0.15, 0.2) is 11.9 Å². The average molecular weight is 394 g/mol. The first kappa shape index (κ1) is 20.1. The second-order valence-corrected chi connectivity index (χ2v) is 6.63. The van der Waals surface area contributed by atoms with Gasteiger partial charge in [-0.1, -0.05) is 17.3 Å². The molecule has 0 aliphatic heterocycles. The first-order chi connectivity index (χ1) is 13.8. The highest BCUT2D eigenvalue weighted by atomic mass is 16.5. The molecule has 8 nitrogen and oxygen atoms in total. The largest absolute Gasteiger partial charge is 0.481 e. The zero-order chi connectivity index (χ0) is 21.0. The molecule has 29 heavy (non-hydrogen) atoms. The molecule has 0 saturated carbocycles. The lowest BCUT2D eigenvalue weighted by Crippen LogP contribution is -2.47. The fraction of sp³-hybridized carbons (Fsp3) is 0.238. The molecule has 0 spiro atoms. The number of amides is 2. The summed E-state index contributed by atoms with van der Waals surface area (Å²) in [6, 6.07) is 12.2. The van der Waals surface area contributed by atoms with E-state index in [4.69, 9.17) is 9.26 Å². The van der Waals surface area contributed by atoms with Gasteiger partial charge in [0, 0.05) is 11.1 Å². The molecule has 0 saturated heterocycles. The SMILES string of the molecule is Cc1noc(-c2ccc(C(=O)NNC(=O)C(C)Oc3cccc(C)c3C)cc2)n1. The summed E-state index contributed by atoms with van der Waals surface area (Å²) in [5.41, 5.74) is 7.87. The molecule has 3 aromatic rings. The van der Waals surface area contributed by atoms with Crippen LogP contribution in [0.3, 0.4) is 0 Å². The maximum absolute atomic E-state index is 12.3. The van der Waals surface area contributed by atoms with Crippen LogP contribution in [0.2, 0.25) is 0 Å². The topological polar surface area (TPSA) is 106 Å². The molecule has 1 aromatic heterocycles. The molecule has 2 N–H and O–H groups in total. The summed E-state index contributed by atoms with van der Waals surface area (Å²) in [6.45, 7) is 7.24. The lowest BCUT2D eigenvalue weighted by Gasteiger charge is -2.17. The number of aryl methyl sites for hydroxylation is 2. The minimum Gasteiger partial charge on any atom is -0.481 e. The fourth-order valence-corrected chi connectivity index (χ4v) is 2.57. The normalized spacial score (nSPS) is 11.6.